The van der Waals surface area contributed by atoms with Gasteiger partial charge < -0.3 is 14.1 Å². The van der Waals surface area contributed by atoms with E-state index in [1.165, 1.54) is 5.56 Å². The molecule has 5 rings (SSSR count). The molecule has 5 nitrogen and oxygen atoms in total. The lowest BCUT2D eigenvalue weighted by Gasteiger charge is -2.50. The van der Waals surface area contributed by atoms with E-state index in [2.05, 4.69) is 51.1 Å². The fourth-order valence-corrected chi connectivity index (χ4v) is 4.52. The second kappa shape index (κ2) is 5.61. The van der Waals surface area contributed by atoms with Crippen LogP contribution in [0.15, 0.2) is 50.6 Å². The Labute approximate surface area is 155 Å². The molecule has 1 spiro atoms. The molecule has 2 aromatic rings. The largest absolute Gasteiger partial charge is 0.466 e. The Balaban J connectivity index is 1.60. The van der Waals surface area contributed by atoms with Crippen molar-refractivity contribution >= 4 is 21.6 Å². The maximum atomic E-state index is 6.58. The van der Waals surface area contributed by atoms with Crippen LogP contribution in [0.25, 0.3) is 0 Å². The zero-order chi connectivity index (χ0) is 17.0. The lowest BCUT2D eigenvalue weighted by Crippen LogP contribution is -2.58. The van der Waals surface area contributed by atoms with Crippen molar-refractivity contribution in [3.63, 3.8) is 0 Å². The number of nitrogens with zero attached hydrogens (tertiary/aromatic N) is 3. The SMILES string of the molecule is CN1CCC2(CC1)Oc1ccc(Br)cc1[C@@H]1CC(c3ccco3)=NN12. The lowest BCUT2D eigenvalue weighted by molar-refractivity contribution is -0.147. The van der Waals surface area contributed by atoms with Crippen molar-refractivity contribution in [1.29, 1.82) is 0 Å². The molecule has 0 unspecified atom stereocenters. The van der Waals surface area contributed by atoms with Crippen molar-refractivity contribution in [2.75, 3.05) is 20.1 Å². The fourth-order valence-electron chi connectivity index (χ4n) is 4.14. The normalized spacial score (nSPS) is 24.6. The van der Waals surface area contributed by atoms with Gasteiger partial charge in [0.1, 0.15) is 17.2 Å². The zero-order valence-electron chi connectivity index (χ0n) is 14.1. The number of hydrazone groups is 1. The van der Waals surface area contributed by atoms with E-state index in [1.807, 2.05) is 12.1 Å². The van der Waals surface area contributed by atoms with Crippen molar-refractivity contribution in [1.82, 2.24) is 9.91 Å². The molecule has 25 heavy (non-hydrogen) atoms. The summed E-state index contributed by atoms with van der Waals surface area (Å²) in [4.78, 5) is 2.36. The minimum Gasteiger partial charge on any atom is -0.466 e. The second-order valence-electron chi connectivity index (χ2n) is 7.12. The highest BCUT2D eigenvalue weighted by Gasteiger charge is 2.51. The Bertz CT molecular complexity index is 825. The number of halogens is 1. The highest BCUT2D eigenvalue weighted by atomic mass is 79.9. The highest BCUT2D eigenvalue weighted by Crippen LogP contribution is 2.50. The molecule has 4 heterocycles. The van der Waals surface area contributed by atoms with Gasteiger partial charge in [-0.2, -0.15) is 5.10 Å². The van der Waals surface area contributed by atoms with Gasteiger partial charge in [-0.25, -0.2) is 5.01 Å². The van der Waals surface area contributed by atoms with Crippen molar-refractivity contribution < 1.29 is 9.15 Å². The van der Waals surface area contributed by atoms with E-state index in [4.69, 9.17) is 14.3 Å². The number of ether oxygens (including phenoxy) is 1. The predicted octanol–water partition coefficient (Wildman–Crippen LogP) is 4.01. The van der Waals surface area contributed by atoms with Gasteiger partial charge in [-0.3, -0.25) is 0 Å². The monoisotopic (exact) mass is 401 g/mol. The van der Waals surface area contributed by atoms with E-state index in [-0.39, 0.29) is 11.8 Å². The number of rotatable bonds is 1. The third-order valence-corrected chi connectivity index (χ3v) is 6.03. The third kappa shape index (κ3) is 2.42. The van der Waals surface area contributed by atoms with Gasteiger partial charge in [0.2, 0.25) is 5.72 Å². The van der Waals surface area contributed by atoms with Gasteiger partial charge in [-0.05, 0) is 37.4 Å². The molecule has 1 fully saturated rings. The van der Waals surface area contributed by atoms with Crippen LogP contribution in [-0.2, 0) is 0 Å². The summed E-state index contributed by atoms with van der Waals surface area (Å²) in [7, 11) is 2.17. The van der Waals surface area contributed by atoms with E-state index in [9.17, 15) is 0 Å². The summed E-state index contributed by atoms with van der Waals surface area (Å²) < 4.78 is 13.3. The Morgan fingerprint density at radius 2 is 2.08 bits per heavy atom. The first-order valence-corrected chi connectivity index (χ1v) is 9.52. The van der Waals surface area contributed by atoms with Gasteiger partial charge >= 0.3 is 0 Å². The molecule has 3 aliphatic rings. The smallest absolute Gasteiger partial charge is 0.200 e. The Morgan fingerprint density at radius 3 is 2.84 bits per heavy atom. The average Bonchev–Trinajstić information content (AvgIpc) is 3.28. The van der Waals surface area contributed by atoms with Crippen LogP contribution >= 0.6 is 15.9 Å². The van der Waals surface area contributed by atoms with E-state index in [0.29, 0.717) is 0 Å². The number of hydrogen-bond acceptors (Lipinski definition) is 5. The van der Waals surface area contributed by atoms with Crippen LogP contribution in [0.3, 0.4) is 0 Å². The number of furan rings is 1. The number of likely N-dealkylation sites (tertiary alicyclic amines) is 1. The second-order valence-corrected chi connectivity index (χ2v) is 8.04. The summed E-state index contributed by atoms with van der Waals surface area (Å²) >= 11 is 3.60. The Kier molecular flexibility index (Phi) is 3.47. The molecule has 0 N–H and O–H groups in total. The van der Waals surface area contributed by atoms with Crippen LogP contribution in [-0.4, -0.2) is 41.5 Å². The standard InChI is InChI=1S/C19H20BrN3O2/c1-22-8-6-19(7-9-22)23-16(12-15(21-23)18-3-2-10-24-18)14-11-13(20)4-5-17(14)25-19/h2-5,10-11,16H,6-9,12H2,1H3/t16-/m0/s1. The molecule has 0 saturated carbocycles. The Morgan fingerprint density at radius 1 is 1.24 bits per heavy atom. The molecule has 1 aromatic heterocycles. The van der Waals surface area contributed by atoms with Crippen molar-refractivity contribution in [3.8, 4) is 5.75 Å². The number of fused-ring (bicyclic) bond motifs is 4. The molecule has 3 aliphatic heterocycles. The van der Waals surface area contributed by atoms with Gasteiger partial charge in [0.25, 0.3) is 0 Å². The lowest BCUT2D eigenvalue weighted by atomic mass is 9.91. The van der Waals surface area contributed by atoms with Crippen molar-refractivity contribution in [2.24, 2.45) is 5.10 Å². The Hall–Kier alpha value is -1.79. The topological polar surface area (TPSA) is 41.2 Å². The minimum atomic E-state index is -0.355. The highest BCUT2D eigenvalue weighted by molar-refractivity contribution is 9.10. The van der Waals surface area contributed by atoms with Crippen molar-refractivity contribution in [2.45, 2.75) is 31.0 Å². The number of hydrogen-bond donors (Lipinski definition) is 0. The predicted molar refractivity (Wildman–Crippen MR) is 98.7 cm³/mol. The zero-order valence-corrected chi connectivity index (χ0v) is 15.7. The first-order valence-electron chi connectivity index (χ1n) is 8.72. The molecule has 130 valence electrons. The van der Waals surface area contributed by atoms with Gasteiger partial charge in [-0.15, -0.1) is 0 Å². The van der Waals surface area contributed by atoms with E-state index in [1.54, 1.807) is 6.26 Å². The van der Waals surface area contributed by atoms with Crippen LogP contribution in [0.1, 0.15) is 36.6 Å². The maximum absolute atomic E-state index is 6.58. The molecular formula is C19H20BrN3O2. The van der Waals surface area contributed by atoms with Gasteiger partial charge in [-0.1, -0.05) is 15.9 Å². The summed E-state index contributed by atoms with van der Waals surface area (Å²) in [5.41, 5.74) is 1.85. The summed E-state index contributed by atoms with van der Waals surface area (Å²) in [6.07, 6.45) is 4.45. The van der Waals surface area contributed by atoms with Crippen LogP contribution in [0.5, 0.6) is 5.75 Å². The van der Waals surface area contributed by atoms with Crippen molar-refractivity contribution in [3.05, 3.63) is 52.4 Å². The first kappa shape index (κ1) is 15.5. The molecule has 1 saturated heterocycles. The molecule has 0 aliphatic carbocycles. The fraction of sp³-hybridized carbons (Fsp3) is 0.421. The molecule has 0 amide bonds. The van der Waals surface area contributed by atoms with Gasteiger partial charge in [0, 0.05) is 42.4 Å². The molecular weight excluding hydrogens is 382 g/mol. The molecule has 1 aromatic carbocycles. The van der Waals surface area contributed by atoms with Crippen LogP contribution in [0, 0.1) is 0 Å². The summed E-state index contributed by atoms with van der Waals surface area (Å²) in [6.45, 7) is 2.03. The van der Waals surface area contributed by atoms with Gasteiger partial charge in [0.05, 0.1) is 12.3 Å². The molecule has 1 atom stereocenters. The van der Waals surface area contributed by atoms with Gasteiger partial charge in [0.15, 0.2) is 0 Å². The molecule has 0 bridgehead atoms. The van der Waals surface area contributed by atoms with Crippen LogP contribution in [0.4, 0.5) is 0 Å². The molecule has 6 heteroatoms. The van der Waals surface area contributed by atoms with Crippen LogP contribution < -0.4 is 4.74 Å². The maximum Gasteiger partial charge on any atom is 0.200 e. The number of piperidine rings is 1. The van der Waals surface area contributed by atoms with E-state index < -0.39 is 0 Å². The summed E-state index contributed by atoms with van der Waals surface area (Å²) in [5.74, 6) is 1.85. The average molecular weight is 402 g/mol. The summed E-state index contributed by atoms with van der Waals surface area (Å²) in [6, 6.07) is 10.4. The quantitative estimate of drug-likeness (QED) is 0.723. The minimum absolute atomic E-state index is 0.199. The van der Waals surface area contributed by atoms with E-state index in [0.717, 1.165) is 54.0 Å². The number of benzene rings is 1. The first-order chi connectivity index (χ1) is 12.1. The van der Waals surface area contributed by atoms with E-state index >= 15 is 0 Å². The summed E-state index contributed by atoms with van der Waals surface area (Å²) in [5, 5.41) is 7.20. The third-order valence-electron chi connectivity index (χ3n) is 5.53. The molecule has 0 radical (unpaired) electrons. The van der Waals surface area contributed by atoms with Crippen LogP contribution in [0.2, 0.25) is 0 Å².